The maximum atomic E-state index is 11.7. The Kier molecular flexibility index (Phi) is 4.29. The molecule has 1 aromatic carbocycles. The lowest BCUT2D eigenvalue weighted by molar-refractivity contribution is 0.0601. The number of carbonyl (C=O) groups excluding carboxylic acids is 1. The minimum Gasteiger partial charge on any atom is -0.465 e. The van der Waals surface area contributed by atoms with Crippen LogP contribution in [0, 0.1) is 0 Å². The predicted molar refractivity (Wildman–Crippen MR) is 89.2 cm³/mol. The van der Waals surface area contributed by atoms with Crippen molar-refractivity contribution < 1.29 is 9.53 Å². The van der Waals surface area contributed by atoms with Crippen molar-refractivity contribution in [2.75, 3.05) is 18.6 Å². The van der Waals surface area contributed by atoms with Crippen molar-refractivity contribution >= 4 is 38.8 Å². The molecular weight excluding hydrogens is 346 g/mol. The molecule has 116 valence electrons. The number of hydrogen-bond acceptors (Lipinski definition) is 5. The third-order valence-electron chi connectivity index (χ3n) is 4.10. The molecule has 0 bridgehead atoms. The Hall–Kier alpha value is -1.69. The molecular formula is C16H18BrN3O2. The minimum absolute atomic E-state index is 0.362. The summed E-state index contributed by atoms with van der Waals surface area (Å²) in [6.07, 6.45) is 3.58. The zero-order valence-corrected chi connectivity index (χ0v) is 14.3. The molecule has 1 fully saturated rings. The van der Waals surface area contributed by atoms with Crippen LogP contribution in [0.2, 0.25) is 0 Å². The summed E-state index contributed by atoms with van der Waals surface area (Å²) in [5.41, 5.74) is 1.95. The Balaban J connectivity index is 2.06. The highest BCUT2D eigenvalue weighted by atomic mass is 79.9. The first kappa shape index (κ1) is 15.2. The molecule has 0 spiro atoms. The number of carbonyl (C=O) groups is 1. The van der Waals surface area contributed by atoms with Crippen LogP contribution in [-0.2, 0) is 4.74 Å². The molecule has 1 aliphatic rings. The Morgan fingerprint density at radius 1 is 1.32 bits per heavy atom. The second kappa shape index (κ2) is 6.20. The van der Waals surface area contributed by atoms with E-state index >= 15 is 0 Å². The Bertz CT molecular complexity index is 720. The first-order valence-electron chi connectivity index (χ1n) is 7.42. The van der Waals surface area contributed by atoms with Gasteiger partial charge in [-0.25, -0.2) is 14.8 Å². The number of halogens is 1. The van der Waals surface area contributed by atoms with Gasteiger partial charge in [0.15, 0.2) is 5.82 Å². The van der Waals surface area contributed by atoms with Gasteiger partial charge in [-0.15, -0.1) is 0 Å². The molecule has 6 heteroatoms. The summed E-state index contributed by atoms with van der Waals surface area (Å²) < 4.78 is 5.52. The quantitative estimate of drug-likeness (QED) is 0.763. The van der Waals surface area contributed by atoms with Crippen molar-refractivity contribution in [1.82, 2.24) is 9.97 Å². The van der Waals surface area contributed by atoms with E-state index in [-0.39, 0.29) is 5.97 Å². The summed E-state index contributed by atoms with van der Waals surface area (Å²) in [5.74, 6) is 0.487. The molecule has 2 aromatic rings. The monoisotopic (exact) mass is 363 g/mol. The molecule has 0 N–H and O–H groups in total. The number of fused-ring (bicyclic) bond motifs is 1. The standard InChI is InChI=1S/C16H18BrN3O2/c1-10-5-3-4-8-20(10)15-14(17)18-12-7-6-11(16(21)22-2)9-13(12)19-15/h6-7,9-10H,3-5,8H2,1-2H3/t10-/m0/s1. The van der Waals surface area contributed by atoms with E-state index in [0.29, 0.717) is 17.1 Å². The topological polar surface area (TPSA) is 55.3 Å². The number of rotatable bonds is 2. The third kappa shape index (κ3) is 2.79. The summed E-state index contributed by atoms with van der Waals surface area (Å²) in [4.78, 5) is 23.3. The first-order valence-corrected chi connectivity index (χ1v) is 8.21. The average Bonchev–Trinajstić information content (AvgIpc) is 2.54. The predicted octanol–water partition coefficient (Wildman–Crippen LogP) is 3.56. The molecule has 0 aliphatic carbocycles. The molecule has 0 amide bonds. The van der Waals surface area contributed by atoms with Gasteiger partial charge in [-0.2, -0.15) is 0 Å². The van der Waals surface area contributed by atoms with Crippen molar-refractivity contribution in [3.63, 3.8) is 0 Å². The van der Waals surface area contributed by atoms with E-state index in [1.807, 2.05) is 0 Å². The van der Waals surface area contributed by atoms with Crippen LogP contribution in [0.25, 0.3) is 11.0 Å². The zero-order valence-electron chi connectivity index (χ0n) is 12.7. The van der Waals surface area contributed by atoms with Crippen LogP contribution in [0.5, 0.6) is 0 Å². The maximum absolute atomic E-state index is 11.7. The van der Waals surface area contributed by atoms with Gasteiger partial charge in [0.2, 0.25) is 0 Å². The maximum Gasteiger partial charge on any atom is 0.337 e. The summed E-state index contributed by atoms with van der Waals surface area (Å²) in [7, 11) is 1.38. The number of ether oxygens (including phenoxy) is 1. The Labute approximate surface area is 137 Å². The Morgan fingerprint density at radius 3 is 2.86 bits per heavy atom. The van der Waals surface area contributed by atoms with E-state index in [1.165, 1.54) is 20.0 Å². The number of aromatic nitrogens is 2. The van der Waals surface area contributed by atoms with Gasteiger partial charge >= 0.3 is 5.97 Å². The molecule has 1 saturated heterocycles. The van der Waals surface area contributed by atoms with Crippen LogP contribution in [0.4, 0.5) is 5.82 Å². The molecule has 0 radical (unpaired) electrons. The van der Waals surface area contributed by atoms with Gasteiger partial charge < -0.3 is 9.64 Å². The molecule has 5 nitrogen and oxygen atoms in total. The van der Waals surface area contributed by atoms with Gasteiger partial charge in [0.05, 0.1) is 23.7 Å². The number of piperidine rings is 1. The van der Waals surface area contributed by atoms with Crippen LogP contribution in [-0.4, -0.2) is 35.6 Å². The van der Waals surface area contributed by atoms with Gasteiger partial charge in [0, 0.05) is 12.6 Å². The number of esters is 1. The Morgan fingerprint density at radius 2 is 2.14 bits per heavy atom. The molecule has 1 atom stereocenters. The summed E-state index contributed by atoms with van der Waals surface area (Å²) >= 11 is 3.53. The van der Waals surface area contributed by atoms with Crippen molar-refractivity contribution in [3.8, 4) is 0 Å². The zero-order chi connectivity index (χ0) is 15.7. The van der Waals surface area contributed by atoms with Crippen molar-refractivity contribution in [2.45, 2.75) is 32.2 Å². The second-order valence-electron chi connectivity index (χ2n) is 5.57. The number of methoxy groups -OCH3 is 1. The minimum atomic E-state index is -0.362. The third-order valence-corrected chi connectivity index (χ3v) is 4.63. The van der Waals surface area contributed by atoms with E-state index in [9.17, 15) is 4.79 Å². The van der Waals surface area contributed by atoms with Gasteiger partial charge in [0.25, 0.3) is 0 Å². The lowest BCUT2D eigenvalue weighted by Gasteiger charge is -2.34. The van der Waals surface area contributed by atoms with Crippen LogP contribution >= 0.6 is 15.9 Å². The fourth-order valence-corrected chi connectivity index (χ4v) is 3.37. The summed E-state index contributed by atoms with van der Waals surface area (Å²) in [5, 5.41) is 0. The number of nitrogens with zero attached hydrogens (tertiary/aromatic N) is 3. The van der Waals surface area contributed by atoms with Gasteiger partial charge in [-0.3, -0.25) is 0 Å². The molecule has 22 heavy (non-hydrogen) atoms. The van der Waals surface area contributed by atoms with Gasteiger partial charge in [-0.05, 0) is 60.3 Å². The smallest absolute Gasteiger partial charge is 0.337 e. The highest BCUT2D eigenvalue weighted by molar-refractivity contribution is 9.10. The van der Waals surface area contributed by atoms with Gasteiger partial charge in [0.1, 0.15) is 4.60 Å². The van der Waals surface area contributed by atoms with E-state index < -0.39 is 0 Å². The summed E-state index contributed by atoms with van der Waals surface area (Å²) in [6.45, 7) is 3.19. The highest BCUT2D eigenvalue weighted by Gasteiger charge is 2.23. The fraction of sp³-hybridized carbons (Fsp3) is 0.438. The molecule has 2 heterocycles. The van der Waals surface area contributed by atoms with Crippen molar-refractivity contribution in [1.29, 1.82) is 0 Å². The number of benzene rings is 1. The number of hydrogen-bond donors (Lipinski definition) is 0. The fourth-order valence-electron chi connectivity index (χ4n) is 2.86. The van der Waals surface area contributed by atoms with E-state index in [1.54, 1.807) is 18.2 Å². The average molecular weight is 364 g/mol. The van der Waals surface area contributed by atoms with Crippen LogP contribution in [0.15, 0.2) is 22.8 Å². The van der Waals surface area contributed by atoms with Crippen LogP contribution < -0.4 is 4.90 Å². The normalized spacial score (nSPS) is 18.5. The molecule has 1 aromatic heterocycles. The van der Waals surface area contributed by atoms with Gasteiger partial charge in [-0.1, -0.05) is 0 Å². The first-order chi connectivity index (χ1) is 10.6. The van der Waals surface area contributed by atoms with Crippen LogP contribution in [0.1, 0.15) is 36.5 Å². The lowest BCUT2D eigenvalue weighted by Crippen LogP contribution is -2.38. The van der Waals surface area contributed by atoms with Crippen LogP contribution in [0.3, 0.4) is 0 Å². The molecule has 1 aliphatic heterocycles. The largest absolute Gasteiger partial charge is 0.465 e. The van der Waals surface area contributed by atoms with E-state index in [4.69, 9.17) is 9.72 Å². The molecule has 3 rings (SSSR count). The van der Waals surface area contributed by atoms with Crippen molar-refractivity contribution in [3.05, 3.63) is 28.4 Å². The highest BCUT2D eigenvalue weighted by Crippen LogP contribution is 2.30. The van der Waals surface area contributed by atoms with Crippen molar-refractivity contribution in [2.24, 2.45) is 0 Å². The lowest BCUT2D eigenvalue weighted by atomic mass is 10.0. The van der Waals surface area contributed by atoms with E-state index in [0.717, 1.165) is 28.9 Å². The SMILES string of the molecule is COC(=O)c1ccc2nc(Br)c(N3CCCC[C@@H]3C)nc2c1. The summed E-state index contributed by atoms with van der Waals surface area (Å²) in [6, 6.07) is 5.68. The number of anilines is 1. The van der Waals surface area contributed by atoms with E-state index in [2.05, 4.69) is 32.7 Å². The second-order valence-corrected chi connectivity index (χ2v) is 6.32. The molecule has 0 unspecified atom stereocenters. The molecule has 0 saturated carbocycles.